The molecule has 0 spiro atoms. The van der Waals surface area contributed by atoms with Crippen molar-refractivity contribution in [3.05, 3.63) is 53.6 Å². The number of hydrogen-bond donors (Lipinski definition) is 1. The van der Waals surface area contributed by atoms with Crippen molar-refractivity contribution in [2.45, 2.75) is 0 Å². The van der Waals surface area contributed by atoms with Crippen LogP contribution in [0.15, 0.2) is 42.5 Å². The number of phenolic OH excluding ortho intramolecular Hbond substituents is 1. The number of phenols is 1. The molecule has 0 aliphatic carbocycles. The fourth-order valence-corrected chi connectivity index (χ4v) is 2.12. The Morgan fingerprint density at radius 1 is 0.957 bits per heavy atom. The Bertz CT molecular complexity index is 717. The van der Waals surface area contributed by atoms with Gasteiger partial charge in [-0.15, -0.1) is 0 Å². The summed E-state index contributed by atoms with van der Waals surface area (Å²) in [5.74, 6) is 0.782. The van der Waals surface area contributed by atoms with Gasteiger partial charge in [0.25, 0.3) is 0 Å². The predicted molar refractivity (Wildman–Crippen MR) is 87.6 cm³/mol. The van der Waals surface area contributed by atoms with Gasteiger partial charge < -0.3 is 19.3 Å². The summed E-state index contributed by atoms with van der Waals surface area (Å²) in [6.07, 6.45) is 3.03. The molecule has 0 aromatic heterocycles. The topological polar surface area (TPSA) is 65.0 Å². The largest absolute Gasteiger partial charge is 0.507 e. The number of allylic oxidation sites excluding steroid dienone is 1. The Kier molecular flexibility index (Phi) is 5.25. The molecule has 0 heterocycles. The van der Waals surface area contributed by atoms with Gasteiger partial charge in [-0.25, -0.2) is 0 Å². The van der Waals surface area contributed by atoms with Crippen molar-refractivity contribution < 1.29 is 24.1 Å². The van der Waals surface area contributed by atoms with E-state index in [-0.39, 0.29) is 22.8 Å². The lowest BCUT2D eigenvalue weighted by Crippen LogP contribution is -2.01. The second kappa shape index (κ2) is 7.35. The van der Waals surface area contributed by atoms with Gasteiger partial charge in [0.15, 0.2) is 17.3 Å². The first kappa shape index (κ1) is 16.4. The van der Waals surface area contributed by atoms with E-state index < -0.39 is 0 Å². The van der Waals surface area contributed by atoms with E-state index in [2.05, 4.69) is 0 Å². The molecule has 1 N–H and O–H groups in total. The summed E-state index contributed by atoms with van der Waals surface area (Å²) in [5, 5.41) is 9.97. The Morgan fingerprint density at radius 2 is 1.65 bits per heavy atom. The lowest BCUT2D eigenvalue weighted by molar-refractivity contribution is 0.104. The fraction of sp³-hybridized carbons (Fsp3) is 0.167. The minimum absolute atomic E-state index is 0.0663. The highest BCUT2D eigenvalue weighted by atomic mass is 16.5. The number of aromatic hydroxyl groups is 1. The number of hydrogen-bond acceptors (Lipinski definition) is 5. The van der Waals surface area contributed by atoms with Crippen LogP contribution in [-0.4, -0.2) is 32.2 Å². The molecule has 2 rings (SSSR count). The van der Waals surface area contributed by atoms with Crippen molar-refractivity contribution in [1.82, 2.24) is 0 Å². The van der Waals surface area contributed by atoms with E-state index in [1.54, 1.807) is 25.3 Å². The third-order valence-corrected chi connectivity index (χ3v) is 3.31. The van der Waals surface area contributed by atoms with Crippen LogP contribution in [0.5, 0.6) is 23.0 Å². The molecule has 0 atom stereocenters. The van der Waals surface area contributed by atoms with Crippen LogP contribution in [0.1, 0.15) is 15.9 Å². The Morgan fingerprint density at radius 3 is 2.22 bits per heavy atom. The summed E-state index contributed by atoms with van der Waals surface area (Å²) in [6.45, 7) is 0. The maximum Gasteiger partial charge on any atom is 0.193 e. The van der Waals surface area contributed by atoms with E-state index in [1.807, 2.05) is 12.1 Å². The molecular weight excluding hydrogens is 296 g/mol. The van der Waals surface area contributed by atoms with Crippen LogP contribution < -0.4 is 14.2 Å². The fourth-order valence-electron chi connectivity index (χ4n) is 2.12. The summed E-state index contributed by atoms with van der Waals surface area (Å²) >= 11 is 0. The Balaban J connectivity index is 2.31. The molecular formula is C18H18O5. The van der Waals surface area contributed by atoms with Crippen LogP contribution in [0.2, 0.25) is 0 Å². The molecule has 0 saturated heterocycles. The number of carbonyl (C=O) groups excluding carboxylic acids is 1. The van der Waals surface area contributed by atoms with Gasteiger partial charge in [-0.2, -0.15) is 0 Å². The van der Waals surface area contributed by atoms with Gasteiger partial charge in [0.2, 0.25) is 0 Å². The van der Waals surface area contributed by atoms with Crippen molar-refractivity contribution in [1.29, 1.82) is 0 Å². The highest BCUT2D eigenvalue weighted by Gasteiger charge is 2.19. The lowest BCUT2D eigenvalue weighted by Gasteiger charge is -2.12. The molecule has 0 aliphatic rings. The van der Waals surface area contributed by atoms with Crippen molar-refractivity contribution in [2.75, 3.05) is 21.3 Å². The summed E-state index contributed by atoms with van der Waals surface area (Å²) < 4.78 is 15.4. The number of ether oxygens (including phenoxy) is 3. The third-order valence-electron chi connectivity index (χ3n) is 3.31. The van der Waals surface area contributed by atoms with Crippen molar-refractivity contribution in [3.63, 3.8) is 0 Å². The minimum Gasteiger partial charge on any atom is -0.507 e. The predicted octanol–water partition coefficient (Wildman–Crippen LogP) is 3.31. The molecule has 2 aromatic rings. The smallest absolute Gasteiger partial charge is 0.193 e. The van der Waals surface area contributed by atoms with E-state index in [9.17, 15) is 9.90 Å². The van der Waals surface area contributed by atoms with E-state index >= 15 is 0 Å². The molecule has 0 saturated carbocycles. The van der Waals surface area contributed by atoms with Gasteiger partial charge in [0.1, 0.15) is 17.1 Å². The first-order valence-corrected chi connectivity index (χ1v) is 6.91. The van der Waals surface area contributed by atoms with E-state index in [4.69, 9.17) is 14.2 Å². The van der Waals surface area contributed by atoms with Crippen LogP contribution >= 0.6 is 0 Å². The Hall–Kier alpha value is -2.95. The van der Waals surface area contributed by atoms with E-state index in [0.717, 1.165) is 11.3 Å². The molecule has 5 heteroatoms. The third kappa shape index (κ3) is 3.63. The van der Waals surface area contributed by atoms with Crippen molar-refractivity contribution in [3.8, 4) is 23.0 Å². The molecule has 0 bridgehead atoms. The molecule has 120 valence electrons. The van der Waals surface area contributed by atoms with Crippen LogP contribution in [0, 0.1) is 0 Å². The maximum atomic E-state index is 12.4. The average molecular weight is 314 g/mol. The average Bonchev–Trinajstić information content (AvgIpc) is 2.59. The molecule has 2 aromatic carbocycles. The number of rotatable bonds is 6. The highest BCUT2D eigenvalue weighted by Crippen LogP contribution is 2.37. The van der Waals surface area contributed by atoms with Gasteiger partial charge >= 0.3 is 0 Å². The number of carbonyl (C=O) groups is 1. The summed E-state index contributed by atoms with van der Waals surface area (Å²) in [7, 11) is 4.48. The summed E-state index contributed by atoms with van der Waals surface area (Å²) in [5.41, 5.74) is 0.900. The van der Waals surface area contributed by atoms with Crippen molar-refractivity contribution in [2.24, 2.45) is 0 Å². The molecule has 0 unspecified atom stereocenters. The van der Waals surface area contributed by atoms with Crippen LogP contribution in [-0.2, 0) is 0 Å². The van der Waals surface area contributed by atoms with Crippen LogP contribution in [0.4, 0.5) is 0 Å². The summed E-state index contributed by atoms with van der Waals surface area (Å²) in [6, 6.07) is 10.2. The number of methoxy groups -OCH3 is 3. The van der Waals surface area contributed by atoms with Gasteiger partial charge in [0, 0.05) is 0 Å². The standard InChI is InChI=1S/C18H18O5/c1-21-13-7-4-12(5-8-13)6-9-14(19)17-15(20)10-11-16(22-2)18(17)23-3/h4-11,20H,1-3H3/b9-6+. The normalized spacial score (nSPS) is 10.6. The number of ketones is 1. The van der Waals surface area contributed by atoms with Gasteiger partial charge in [-0.3, -0.25) is 4.79 Å². The SMILES string of the molecule is COc1ccc(/C=C/C(=O)c2c(O)ccc(OC)c2OC)cc1. The zero-order valence-electron chi connectivity index (χ0n) is 13.2. The first-order valence-electron chi connectivity index (χ1n) is 6.91. The van der Waals surface area contributed by atoms with Crippen LogP contribution in [0.25, 0.3) is 6.08 Å². The molecule has 0 aliphatic heterocycles. The molecule has 0 amide bonds. The highest BCUT2D eigenvalue weighted by molar-refractivity contribution is 6.11. The molecule has 23 heavy (non-hydrogen) atoms. The Labute approximate surface area is 134 Å². The number of benzene rings is 2. The van der Waals surface area contributed by atoms with E-state index in [0.29, 0.717) is 5.75 Å². The van der Waals surface area contributed by atoms with Gasteiger partial charge in [-0.05, 0) is 35.9 Å². The first-order chi connectivity index (χ1) is 11.1. The lowest BCUT2D eigenvalue weighted by atomic mass is 10.1. The molecule has 5 nitrogen and oxygen atoms in total. The molecule has 0 radical (unpaired) electrons. The van der Waals surface area contributed by atoms with Crippen LogP contribution in [0.3, 0.4) is 0 Å². The minimum atomic E-state index is -0.380. The van der Waals surface area contributed by atoms with Crippen molar-refractivity contribution >= 4 is 11.9 Å². The molecule has 0 fully saturated rings. The van der Waals surface area contributed by atoms with Gasteiger partial charge in [0.05, 0.1) is 21.3 Å². The maximum absolute atomic E-state index is 12.4. The van der Waals surface area contributed by atoms with E-state index in [1.165, 1.54) is 32.4 Å². The zero-order chi connectivity index (χ0) is 16.8. The zero-order valence-corrected chi connectivity index (χ0v) is 13.2. The second-order valence-corrected chi connectivity index (χ2v) is 4.67. The van der Waals surface area contributed by atoms with Gasteiger partial charge in [-0.1, -0.05) is 18.2 Å². The summed E-state index contributed by atoms with van der Waals surface area (Å²) in [4.78, 5) is 12.4. The quantitative estimate of drug-likeness (QED) is 0.654. The second-order valence-electron chi connectivity index (χ2n) is 4.67. The monoisotopic (exact) mass is 314 g/mol.